The van der Waals surface area contributed by atoms with Crippen LogP contribution in [0.25, 0.3) is 0 Å². The lowest BCUT2D eigenvalue weighted by Crippen LogP contribution is -2.37. The highest BCUT2D eigenvalue weighted by Gasteiger charge is 2.38. The molecule has 1 rings (SSSR count). The SMILES string of the molecule is O=S(=O)(Cl)CC1(COCC(F)(F)F)CCCCC1. The second kappa shape index (κ2) is 5.96. The zero-order valence-corrected chi connectivity index (χ0v) is 11.4. The molecule has 18 heavy (non-hydrogen) atoms. The first-order valence-corrected chi connectivity index (χ1v) is 8.17. The Morgan fingerprint density at radius 2 is 1.72 bits per heavy atom. The van der Waals surface area contributed by atoms with Gasteiger partial charge in [0.25, 0.3) is 0 Å². The summed E-state index contributed by atoms with van der Waals surface area (Å²) in [5, 5.41) is 0. The predicted octanol–water partition coefficient (Wildman–Crippen LogP) is 3.08. The molecule has 0 bridgehead atoms. The molecule has 1 fully saturated rings. The van der Waals surface area contributed by atoms with Gasteiger partial charge in [0.2, 0.25) is 9.05 Å². The number of rotatable bonds is 5. The summed E-state index contributed by atoms with van der Waals surface area (Å²) in [4.78, 5) is 0. The van der Waals surface area contributed by atoms with E-state index in [0.29, 0.717) is 12.8 Å². The molecule has 0 saturated heterocycles. The maximum absolute atomic E-state index is 12.0. The lowest BCUT2D eigenvalue weighted by molar-refractivity contribution is -0.181. The molecule has 8 heteroatoms. The Kier molecular flexibility index (Phi) is 5.32. The van der Waals surface area contributed by atoms with Crippen molar-refractivity contribution in [3.63, 3.8) is 0 Å². The van der Waals surface area contributed by atoms with E-state index in [0.717, 1.165) is 19.3 Å². The Morgan fingerprint density at radius 1 is 1.17 bits per heavy atom. The van der Waals surface area contributed by atoms with Crippen LogP contribution in [0.3, 0.4) is 0 Å². The van der Waals surface area contributed by atoms with Gasteiger partial charge in [0, 0.05) is 16.1 Å². The molecule has 0 atom stereocenters. The zero-order chi connectivity index (χ0) is 13.9. The predicted molar refractivity (Wildman–Crippen MR) is 62.0 cm³/mol. The maximum atomic E-state index is 12.0. The molecule has 0 aromatic rings. The number of halogens is 4. The van der Waals surface area contributed by atoms with Crippen LogP contribution in [-0.2, 0) is 13.8 Å². The van der Waals surface area contributed by atoms with Gasteiger partial charge in [-0.25, -0.2) is 8.42 Å². The van der Waals surface area contributed by atoms with Crippen LogP contribution in [0.15, 0.2) is 0 Å². The van der Waals surface area contributed by atoms with E-state index in [1.807, 2.05) is 0 Å². The normalized spacial score (nSPS) is 20.9. The molecule has 0 amide bonds. The molecule has 0 spiro atoms. The molecular formula is C10H16ClF3O3S. The fraction of sp³-hybridized carbons (Fsp3) is 1.00. The van der Waals surface area contributed by atoms with Gasteiger partial charge in [-0.05, 0) is 12.8 Å². The fourth-order valence-corrected chi connectivity index (χ4v) is 4.18. The van der Waals surface area contributed by atoms with Gasteiger partial charge in [-0.3, -0.25) is 0 Å². The van der Waals surface area contributed by atoms with Gasteiger partial charge in [-0.2, -0.15) is 13.2 Å². The van der Waals surface area contributed by atoms with Crippen molar-refractivity contribution in [3.05, 3.63) is 0 Å². The number of hydrogen-bond acceptors (Lipinski definition) is 3. The highest BCUT2D eigenvalue weighted by molar-refractivity contribution is 8.13. The lowest BCUT2D eigenvalue weighted by atomic mass is 9.76. The van der Waals surface area contributed by atoms with Crippen molar-refractivity contribution in [2.24, 2.45) is 5.41 Å². The minimum absolute atomic E-state index is 0.210. The van der Waals surface area contributed by atoms with E-state index in [1.54, 1.807) is 0 Å². The van der Waals surface area contributed by atoms with Crippen molar-refractivity contribution in [1.82, 2.24) is 0 Å². The van der Waals surface area contributed by atoms with E-state index in [-0.39, 0.29) is 12.4 Å². The summed E-state index contributed by atoms with van der Waals surface area (Å²) in [7, 11) is 1.48. The van der Waals surface area contributed by atoms with Crippen LogP contribution in [0.2, 0.25) is 0 Å². The number of hydrogen-bond donors (Lipinski definition) is 0. The van der Waals surface area contributed by atoms with Gasteiger partial charge < -0.3 is 4.74 Å². The highest BCUT2D eigenvalue weighted by Crippen LogP contribution is 2.38. The lowest BCUT2D eigenvalue weighted by Gasteiger charge is -2.36. The maximum Gasteiger partial charge on any atom is 0.411 e. The summed E-state index contributed by atoms with van der Waals surface area (Å²) in [5.41, 5.74) is -0.760. The molecule has 0 radical (unpaired) electrons. The summed E-state index contributed by atoms with van der Waals surface area (Å²) >= 11 is 0. The molecule has 0 aromatic carbocycles. The van der Waals surface area contributed by atoms with Gasteiger partial charge in [0.15, 0.2) is 0 Å². The average Bonchev–Trinajstić information content (AvgIpc) is 2.13. The van der Waals surface area contributed by atoms with Crippen LogP contribution in [0.4, 0.5) is 13.2 Å². The highest BCUT2D eigenvalue weighted by atomic mass is 35.7. The number of ether oxygens (including phenoxy) is 1. The molecule has 0 aliphatic heterocycles. The Bertz CT molecular complexity index is 361. The fourth-order valence-electron chi connectivity index (χ4n) is 2.38. The first kappa shape index (κ1) is 16.0. The average molecular weight is 309 g/mol. The topological polar surface area (TPSA) is 43.4 Å². The van der Waals surface area contributed by atoms with E-state index >= 15 is 0 Å². The van der Waals surface area contributed by atoms with Crippen molar-refractivity contribution in [2.75, 3.05) is 19.0 Å². The monoisotopic (exact) mass is 308 g/mol. The molecule has 3 nitrogen and oxygen atoms in total. The van der Waals surface area contributed by atoms with E-state index in [1.165, 1.54) is 0 Å². The van der Waals surface area contributed by atoms with Gasteiger partial charge in [-0.15, -0.1) is 0 Å². The molecule has 0 aromatic heterocycles. The summed E-state index contributed by atoms with van der Waals surface area (Å²) < 4.78 is 63.0. The molecule has 108 valence electrons. The Labute approximate surface area is 109 Å². The number of alkyl halides is 3. The zero-order valence-electron chi connectivity index (χ0n) is 9.80. The second-order valence-corrected chi connectivity index (χ2v) is 7.63. The minimum atomic E-state index is -4.39. The van der Waals surface area contributed by atoms with Crippen molar-refractivity contribution >= 4 is 19.7 Å². The van der Waals surface area contributed by atoms with Crippen LogP contribution < -0.4 is 0 Å². The Balaban J connectivity index is 2.61. The molecular weight excluding hydrogens is 293 g/mol. The molecule has 0 N–H and O–H groups in total. The second-order valence-electron chi connectivity index (χ2n) is 4.85. The van der Waals surface area contributed by atoms with Gasteiger partial charge in [0.1, 0.15) is 6.61 Å². The summed E-state index contributed by atoms with van der Waals surface area (Å²) in [5.74, 6) is -0.320. The summed E-state index contributed by atoms with van der Waals surface area (Å²) in [6.07, 6.45) is -0.768. The van der Waals surface area contributed by atoms with E-state index in [2.05, 4.69) is 4.74 Å². The molecule has 1 aliphatic carbocycles. The van der Waals surface area contributed by atoms with Gasteiger partial charge in [-0.1, -0.05) is 19.3 Å². The minimum Gasteiger partial charge on any atom is -0.371 e. The van der Waals surface area contributed by atoms with Crippen LogP contribution in [0, 0.1) is 5.41 Å². The van der Waals surface area contributed by atoms with Crippen LogP contribution in [0.1, 0.15) is 32.1 Å². The molecule has 0 heterocycles. The Hall–Kier alpha value is -0.0100. The van der Waals surface area contributed by atoms with E-state index in [4.69, 9.17) is 10.7 Å². The van der Waals surface area contributed by atoms with Crippen molar-refractivity contribution < 1.29 is 26.3 Å². The van der Waals surface area contributed by atoms with Gasteiger partial charge >= 0.3 is 6.18 Å². The van der Waals surface area contributed by atoms with Crippen LogP contribution in [0.5, 0.6) is 0 Å². The quantitative estimate of drug-likeness (QED) is 0.733. The van der Waals surface area contributed by atoms with E-state index < -0.39 is 27.2 Å². The van der Waals surface area contributed by atoms with Crippen molar-refractivity contribution in [2.45, 2.75) is 38.3 Å². The first-order chi connectivity index (χ1) is 8.12. The molecule has 1 aliphatic rings. The van der Waals surface area contributed by atoms with E-state index in [9.17, 15) is 21.6 Å². The third-order valence-electron chi connectivity index (χ3n) is 3.07. The smallest absolute Gasteiger partial charge is 0.371 e. The third-order valence-corrected chi connectivity index (χ3v) is 4.35. The largest absolute Gasteiger partial charge is 0.411 e. The molecule has 0 unspecified atom stereocenters. The van der Waals surface area contributed by atoms with Crippen molar-refractivity contribution in [3.8, 4) is 0 Å². The third kappa shape index (κ3) is 6.24. The first-order valence-electron chi connectivity index (χ1n) is 5.69. The molecule has 1 saturated carbocycles. The summed E-state index contributed by atoms with van der Waals surface area (Å²) in [6.45, 7) is -1.56. The van der Waals surface area contributed by atoms with Crippen molar-refractivity contribution in [1.29, 1.82) is 0 Å². The standard InChI is InChI=1S/C10H16ClF3O3S/c11-18(15,16)8-9(4-2-1-3-5-9)6-17-7-10(12,13)14/h1-8H2. The Morgan fingerprint density at radius 3 is 2.17 bits per heavy atom. The van der Waals surface area contributed by atoms with Crippen LogP contribution >= 0.6 is 10.7 Å². The van der Waals surface area contributed by atoms with Gasteiger partial charge in [0.05, 0.1) is 12.4 Å². The summed E-state index contributed by atoms with van der Waals surface area (Å²) in [6, 6.07) is 0. The van der Waals surface area contributed by atoms with Crippen LogP contribution in [-0.4, -0.2) is 33.6 Å².